The average Bonchev–Trinajstić information content (AvgIpc) is 2.78. The molecule has 1 unspecified atom stereocenters. The van der Waals surface area contributed by atoms with Gasteiger partial charge in [-0.15, -0.1) is 0 Å². The van der Waals surface area contributed by atoms with Crippen molar-refractivity contribution in [3.63, 3.8) is 0 Å². The highest BCUT2D eigenvalue weighted by Gasteiger charge is 2.26. The molecule has 1 aromatic carbocycles. The molecule has 0 spiro atoms. The summed E-state index contributed by atoms with van der Waals surface area (Å²) >= 11 is 0. The van der Waals surface area contributed by atoms with Crippen LogP contribution in [0.4, 0.5) is 0 Å². The Morgan fingerprint density at radius 1 is 1.37 bits per heavy atom. The summed E-state index contributed by atoms with van der Waals surface area (Å²) < 4.78 is 5.13. The topological polar surface area (TPSA) is 50.9 Å². The summed E-state index contributed by atoms with van der Waals surface area (Å²) in [5.41, 5.74) is 8.57. The van der Waals surface area contributed by atoms with Gasteiger partial charge in [-0.25, -0.2) is 0 Å². The zero-order chi connectivity index (χ0) is 13.8. The van der Waals surface area contributed by atoms with Crippen molar-refractivity contribution in [2.24, 2.45) is 10.7 Å². The summed E-state index contributed by atoms with van der Waals surface area (Å²) in [4.78, 5) is 6.47. The van der Waals surface area contributed by atoms with E-state index in [0.717, 1.165) is 13.1 Å². The van der Waals surface area contributed by atoms with Crippen molar-refractivity contribution in [1.82, 2.24) is 4.90 Å². The van der Waals surface area contributed by atoms with Gasteiger partial charge in [0.2, 0.25) is 0 Å². The van der Waals surface area contributed by atoms with Gasteiger partial charge in [0.05, 0.1) is 19.2 Å². The first-order chi connectivity index (χ1) is 9.13. The van der Waals surface area contributed by atoms with Crippen molar-refractivity contribution in [1.29, 1.82) is 0 Å². The first-order valence-electron chi connectivity index (χ1n) is 6.79. The van der Waals surface area contributed by atoms with Crippen LogP contribution in [0.2, 0.25) is 0 Å². The normalized spacial score (nSPS) is 19.1. The van der Waals surface area contributed by atoms with Crippen LogP contribution in [0, 0.1) is 0 Å². The first-order valence-corrected chi connectivity index (χ1v) is 6.79. The fourth-order valence-corrected chi connectivity index (χ4v) is 2.38. The Hall–Kier alpha value is -1.55. The third-order valence-electron chi connectivity index (χ3n) is 3.62. The smallest absolute Gasteiger partial charge is 0.192 e. The number of guanidine groups is 1. The number of hydrogen-bond donors (Lipinski definition) is 1. The molecule has 1 aromatic rings. The molecule has 0 fully saturated rings. The van der Waals surface area contributed by atoms with E-state index in [1.165, 1.54) is 11.1 Å². The zero-order valence-electron chi connectivity index (χ0n) is 12.0. The minimum absolute atomic E-state index is 0.247. The molecule has 0 bridgehead atoms. The lowest BCUT2D eigenvalue weighted by Gasteiger charge is -2.26. The van der Waals surface area contributed by atoms with Crippen LogP contribution in [0.25, 0.3) is 0 Å². The van der Waals surface area contributed by atoms with E-state index in [-0.39, 0.29) is 6.04 Å². The van der Waals surface area contributed by atoms with Gasteiger partial charge in [0.15, 0.2) is 5.96 Å². The van der Waals surface area contributed by atoms with E-state index in [0.29, 0.717) is 18.5 Å². The maximum atomic E-state index is 5.95. The Morgan fingerprint density at radius 3 is 2.63 bits per heavy atom. The molecular formula is C15H23N3O. The quantitative estimate of drug-likeness (QED) is 0.883. The average molecular weight is 261 g/mol. The monoisotopic (exact) mass is 261 g/mol. The van der Waals surface area contributed by atoms with Crippen molar-refractivity contribution >= 4 is 5.96 Å². The van der Waals surface area contributed by atoms with E-state index in [2.05, 4.69) is 48.0 Å². The summed E-state index contributed by atoms with van der Waals surface area (Å²) in [6.45, 7) is 6.59. The fourth-order valence-electron chi connectivity index (χ4n) is 2.38. The van der Waals surface area contributed by atoms with Crippen LogP contribution in [-0.2, 0) is 4.74 Å². The molecular weight excluding hydrogens is 238 g/mol. The Balaban J connectivity index is 2.12. The lowest BCUT2D eigenvalue weighted by atomic mass is 9.99. The van der Waals surface area contributed by atoms with Crippen LogP contribution >= 0.6 is 0 Å². The van der Waals surface area contributed by atoms with E-state index in [1.807, 2.05) is 0 Å². The number of nitrogens with zero attached hydrogens (tertiary/aromatic N) is 2. The third kappa shape index (κ3) is 3.07. The molecule has 2 N–H and O–H groups in total. The molecule has 1 heterocycles. The fraction of sp³-hybridized carbons (Fsp3) is 0.533. The van der Waals surface area contributed by atoms with E-state index in [4.69, 9.17) is 10.5 Å². The molecule has 4 nitrogen and oxygen atoms in total. The zero-order valence-corrected chi connectivity index (χ0v) is 12.0. The Kier molecular flexibility index (Phi) is 4.43. The van der Waals surface area contributed by atoms with Gasteiger partial charge < -0.3 is 15.4 Å². The van der Waals surface area contributed by atoms with E-state index >= 15 is 0 Å². The molecule has 0 amide bonds. The minimum Gasteiger partial charge on any atom is -0.383 e. The summed E-state index contributed by atoms with van der Waals surface area (Å²) in [5.74, 6) is 1.18. The van der Waals surface area contributed by atoms with Crippen molar-refractivity contribution < 1.29 is 4.74 Å². The largest absolute Gasteiger partial charge is 0.383 e. The predicted octanol–water partition coefficient (Wildman–Crippen LogP) is 2.13. The first kappa shape index (κ1) is 13.9. The van der Waals surface area contributed by atoms with Crippen molar-refractivity contribution in [3.05, 3.63) is 35.4 Å². The molecule has 19 heavy (non-hydrogen) atoms. The van der Waals surface area contributed by atoms with Crippen molar-refractivity contribution in [2.45, 2.75) is 25.8 Å². The van der Waals surface area contributed by atoms with Gasteiger partial charge in [0.25, 0.3) is 0 Å². The van der Waals surface area contributed by atoms with Crippen LogP contribution in [0.5, 0.6) is 0 Å². The number of aliphatic imine (C=N–C) groups is 1. The second kappa shape index (κ2) is 6.06. The molecule has 2 rings (SSSR count). The Bertz CT molecular complexity index is 439. The predicted molar refractivity (Wildman–Crippen MR) is 78.3 cm³/mol. The Morgan fingerprint density at radius 2 is 2.05 bits per heavy atom. The minimum atomic E-state index is 0.247. The summed E-state index contributed by atoms with van der Waals surface area (Å²) in [7, 11) is 1.70. The maximum absolute atomic E-state index is 5.95. The third-order valence-corrected chi connectivity index (χ3v) is 3.62. The van der Waals surface area contributed by atoms with Gasteiger partial charge in [0.1, 0.15) is 0 Å². The standard InChI is InChI=1S/C15H23N3O/c1-11(2)12-4-6-13(7-5-12)14-10-17-15(16)18(14)8-9-19-3/h4-7,11,14H,8-10H2,1-3H3,(H2,16,17). The van der Waals surface area contributed by atoms with Crippen molar-refractivity contribution in [3.8, 4) is 0 Å². The van der Waals surface area contributed by atoms with Gasteiger partial charge >= 0.3 is 0 Å². The molecule has 1 aliphatic heterocycles. The number of benzene rings is 1. The molecule has 4 heteroatoms. The van der Waals surface area contributed by atoms with E-state index in [9.17, 15) is 0 Å². The molecule has 0 aliphatic carbocycles. The summed E-state index contributed by atoms with van der Waals surface area (Å²) in [6, 6.07) is 9.02. The summed E-state index contributed by atoms with van der Waals surface area (Å²) in [6.07, 6.45) is 0. The van der Waals surface area contributed by atoms with Crippen LogP contribution in [0.3, 0.4) is 0 Å². The molecule has 0 saturated heterocycles. The van der Waals surface area contributed by atoms with Gasteiger partial charge in [-0.1, -0.05) is 38.1 Å². The summed E-state index contributed by atoms with van der Waals surface area (Å²) in [5, 5.41) is 0. The number of hydrogen-bond acceptors (Lipinski definition) is 4. The number of ether oxygens (including phenoxy) is 1. The van der Waals surface area contributed by atoms with Gasteiger partial charge in [-0.3, -0.25) is 4.99 Å². The number of methoxy groups -OCH3 is 1. The van der Waals surface area contributed by atoms with E-state index in [1.54, 1.807) is 7.11 Å². The van der Waals surface area contributed by atoms with Gasteiger partial charge in [0, 0.05) is 13.7 Å². The number of rotatable bonds is 5. The highest BCUT2D eigenvalue weighted by Crippen LogP contribution is 2.26. The maximum Gasteiger partial charge on any atom is 0.192 e. The van der Waals surface area contributed by atoms with Crippen LogP contribution in [-0.4, -0.2) is 37.7 Å². The number of nitrogens with two attached hydrogens (primary N) is 1. The van der Waals surface area contributed by atoms with Gasteiger partial charge in [-0.05, 0) is 17.0 Å². The van der Waals surface area contributed by atoms with Crippen LogP contribution in [0.15, 0.2) is 29.3 Å². The van der Waals surface area contributed by atoms with E-state index < -0.39 is 0 Å². The molecule has 1 atom stereocenters. The molecule has 0 aromatic heterocycles. The van der Waals surface area contributed by atoms with Crippen LogP contribution in [0.1, 0.15) is 36.9 Å². The lowest BCUT2D eigenvalue weighted by Crippen LogP contribution is -2.38. The highest BCUT2D eigenvalue weighted by molar-refractivity contribution is 5.80. The Labute approximate surface area is 115 Å². The molecule has 1 aliphatic rings. The molecule has 104 valence electrons. The highest BCUT2D eigenvalue weighted by atomic mass is 16.5. The molecule has 0 radical (unpaired) electrons. The molecule has 0 saturated carbocycles. The second-order valence-electron chi connectivity index (χ2n) is 5.22. The van der Waals surface area contributed by atoms with Gasteiger partial charge in [-0.2, -0.15) is 0 Å². The lowest BCUT2D eigenvalue weighted by molar-refractivity contribution is 0.166. The SMILES string of the molecule is COCCN1C(N)=NCC1c1ccc(C(C)C)cc1. The van der Waals surface area contributed by atoms with Crippen LogP contribution < -0.4 is 5.73 Å². The second-order valence-corrected chi connectivity index (χ2v) is 5.22. The van der Waals surface area contributed by atoms with Crippen molar-refractivity contribution in [2.75, 3.05) is 26.8 Å².